The third-order valence-corrected chi connectivity index (χ3v) is 8.26. The molecule has 2 aromatic carbocycles. The van der Waals surface area contributed by atoms with Crippen molar-refractivity contribution in [1.82, 2.24) is 0 Å². The topological polar surface area (TPSA) is 61.8 Å². The van der Waals surface area contributed by atoms with Crippen molar-refractivity contribution in [3.63, 3.8) is 0 Å². The Morgan fingerprint density at radius 3 is 2.35 bits per heavy atom. The lowest BCUT2D eigenvalue weighted by molar-refractivity contribution is -0.117. The molecule has 0 aliphatic heterocycles. The molecule has 0 N–H and O–H groups in total. The highest BCUT2D eigenvalue weighted by Gasteiger charge is 2.45. The number of aryl methyl sites for hydroxylation is 1. The first-order valence-corrected chi connectivity index (χ1v) is 13.6. The van der Waals surface area contributed by atoms with Crippen molar-refractivity contribution >= 4 is 30.8 Å². The summed E-state index contributed by atoms with van der Waals surface area (Å²) in [6.07, 6.45) is 2.83. The van der Waals surface area contributed by atoms with E-state index in [2.05, 4.69) is 0 Å². The molecule has 0 spiro atoms. The van der Waals surface area contributed by atoms with Gasteiger partial charge < -0.3 is 4.52 Å². The first-order valence-electron chi connectivity index (χ1n) is 11.8. The van der Waals surface area contributed by atoms with Crippen molar-refractivity contribution in [2.75, 3.05) is 13.2 Å². The number of rotatable bonds is 9. The summed E-state index contributed by atoms with van der Waals surface area (Å²) in [5.41, 5.74) is 3.01. The van der Waals surface area contributed by atoms with Crippen molar-refractivity contribution in [3.8, 4) is 11.1 Å². The third-order valence-electron chi connectivity index (χ3n) is 6.45. The van der Waals surface area contributed by atoms with Crippen molar-refractivity contribution in [2.45, 2.75) is 46.5 Å². The predicted molar refractivity (Wildman–Crippen MR) is 131 cm³/mol. The fourth-order valence-electron chi connectivity index (χ4n) is 4.91. The van der Waals surface area contributed by atoms with Gasteiger partial charge in [0.1, 0.15) is 11.6 Å². The van der Waals surface area contributed by atoms with Crippen LogP contribution >= 0.6 is 19.4 Å². The summed E-state index contributed by atoms with van der Waals surface area (Å²) >= 11 is 5.94. The van der Waals surface area contributed by atoms with Gasteiger partial charge in [-0.15, -0.1) is 0 Å². The highest BCUT2D eigenvalue weighted by atomic mass is 35.5. The number of carbonyl (C=O) groups excluding carboxylic acids is 1. The van der Waals surface area contributed by atoms with Gasteiger partial charge in [0.05, 0.1) is 18.8 Å². The summed E-state index contributed by atoms with van der Waals surface area (Å²) in [5.74, 6) is -0.265. The molecule has 0 amide bonds. The molecule has 34 heavy (non-hydrogen) atoms. The van der Waals surface area contributed by atoms with Crippen LogP contribution < -0.4 is 0 Å². The standard InChI is InChI=1S/C26H29ClFO5P/c1-4-16-7-8-17(21-12-11-20(27)15-23(21)28)14-22(16)24-25(29)18-9-10-19(13-18)26(24)33-34(30,31-5-2)32-6-3/h7-8,11-12,14-15,18-19H,4-6,9-10,13H2,1-3H3/t18-,19+/m1/s1. The number of fused-ring (bicyclic) bond motifs is 2. The molecule has 2 bridgehead atoms. The molecule has 4 rings (SSSR count). The van der Waals surface area contributed by atoms with Gasteiger partial charge in [-0.3, -0.25) is 13.8 Å². The summed E-state index contributed by atoms with van der Waals surface area (Å²) in [6, 6.07) is 10.1. The molecular formula is C26H29ClFO5P. The van der Waals surface area contributed by atoms with Crippen molar-refractivity contribution in [1.29, 1.82) is 0 Å². The molecule has 5 nitrogen and oxygen atoms in total. The van der Waals surface area contributed by atoms with Gasteiger partial charge in [-0.05, 0) is 80.5 Å². The zero-order valence-corrected chi connectivity index (χ0v) is 21.3. The predicted octanol–water partition coefficient (Wildman–Crippen LogP) is 7.62. The van der Waals surface area contributed by atoms with E-state index in [1.165, 1.54) is 6.07 Å². The Bertz CT molecular complexity index is 1170. The number of halogens is 2. The zero-order valence-electron chi connectivity index (χ0n) is 19.6. The monoisotopic (exact) mass is 506 g/mol. The third kappa shape index (κ3) is 4.87. The van der Waals surface area contributed by atoms with Gasteiger partial charge in [-0.25, -0.2) is 8.96 Å². The molecule has 0 saturated heterocycles. The van der Waals surface area contributed by atoms with E-state index in [1.807, 2.05) is 25.1 Å². The van der Waals surface area contributed by atoms with Gasteiger partial charge in [0.15, 0.2) is 5.78 Å². The fraction of sp³-hybridized carbons (Fsp3) is 0.423. The molecule has 2 aliphatic carbocycles. The van der Waals surface area contributed by atoms with E-state index in [1.54, 1.807) is 26.0 Å². The Morgan fingerprint density at radius 2 is 1.71 bits per heavy atom. The first kappa shape index (κ1) is 25.1. The van der Waals surface area contributed by atoms with Crippen LogP contribution in [0.1, 0.15) is 51.2 Å². The molecule has 1 fully saturated rings. The van der Waals surface area contributed by atoms with E-state index in [-0.39, 0.29) is 30.8 Å². The number of phosphoric acid groups is 1. The SMILES string of the molecule is CCOP(=O)(OCC)OC1=C(c2cc(-c3ccc(Cl)cc3F)ccc2CC)C(=O)[C@@H]2CC[C@H]1C2. The van der Waals surface area contributed by atoms with Gasteiger partial charge in [0.25, 0.3) is 0 Å². The lowest BCUT2D eigenvalue weighted by Crippen LogP contribution is -2.23. The Hall–Kier alpha value is -1.98. The highest BCUT2D eigenvalue weighted by Crippen LogP contribution is 2.57. The van der Waals surface area contributed by atoms with Crippen LogP contribution in [0.15, 0.2) is 42.2 Å². The second-order valence-corrected chi connectivity index (χ2v) is 10.6. The molecule has 2 aliphatic rings. The number of phosphoric ester groups is 1. The summed E-state index contributed by atoms with van der Waals surface area (Å²) in [6.45, 7) is 5.71. The molecule has 0 radical (unpaired) electrons. The first-order chi connectivity index (χ1) is 16.3. The van der Waals surface area contributed by atoms with Crippen molar-refractivity contribution in [2.24, 2.45) is 11.8 Å². The Labute approximate surface area is 204 Å². The second kappa shape index (κ2) is 10.3. The number of ketones is 1. The van der Waals surface area contributed by atoms with E-state index >= 15 is 0 Å². The minimum Gasteiger partial charge on any atom is -0.407 e. The molecule has 182 valence electrons. The highest BCUT2D eigenvalue weighted by molar-refractivity contribution is 7.48. The number of benzene rings is 2. The largest absolute Gasteiger partial charge is 0.529 e. The molecule has 1 saturated carbocycles. The Morgan fingerprint density at radius 1 is 1.00 bits per heavy atom. The van der Waals surface area contributed by atoms with Crippen LogP contribution in [0.2, 0.25) is 5.02 Å². The van der Waals surface area contributed by atoms with Gasteiger partial charge in [-0.1, -0.05) is 30.7 Å². The summed E-state index contributed by atoms with van der Waals surface area (Å²) in [4.78, 5) is 13.6. The van der Waals surface area contributed by atoms with Crippen LogP contribution in [-0.4, -0.2) is 19.0 Å². The normalized spacial score (nSPS) is 20.2. The van der Waals surface area contributed by atoms with Crippen LogP contribution in [0.4, 0.5) is 4.39 Å². The average Bonchev–Trinajstić information content (AvgIpc) is 3.24. The van der Waals surface area contributed by atoms with E-state index in [0.29, 0.717) is 45.9 Å². The minimum absolute atomic E-state index is 0.0354. The van der Waals surface area contributed by atoms with E-state index in [0.717, 1.165) is 18.4 Å². The van der Waals surface area contributed by atoms with E-state index in [4.69, 9.17) is 25.2 Å². The molecule has 8 heteroatoms. The number of Topliss-reactive ketones (excluding diaryl/α,β-unsaturated/α-hetero) is 1. The van der Waals surface area contributed by atoms with E-state index in [9.17, 15) is 13.8 Å². The maximum Gasteiger partial charge on any atom is 0.529 e. The van der Waals surface area contributed by atoms with Crippen molar-refractivity contribution < 1.29 is 27.3 Å². The average molecular weight is 507 g/mol. The second-order valence-electron chi connectivity index (χ2n) is 8.53. The lowest BCUT2D eigenvalue weighted by Gasteiger charge is -2.29. The summed E-state index contributed by atoms with van der Waals surface area (Å²) in [7, 11) is -3.90. The van der Waals surface area contributed by atoms with Crippen LogP contribution in [0.25, 0.3) is 16.7 Å². The molecule has 0 aromatic heterocycles. The number of allylic oxidation sites excluding steroid dienone is 2. The molecule has 2 atom stereocenters. The molecule has 0 unspecified atom stereocenters. The maximum atomic E-state index is 14.7. The summed E-state index contributed by atoms with van der Waals surface area (Å²) < 4.78 is 44.7. The summed E-state index contributed by atoms with van der Waals surface area (Å²) in [5, 5.41) is 0.312. The van der Waals surface area contributed by atoms with Crippen LogP contribution in [-0.2, 0) is 29.4 Å². The molecule has 0 heterocycles. The van der Waals surface area contributed by atoms with Gasteiger partial charge in [0.2, 0.25) is 0 Å². The zero-order chi connectivity index (χ0) is 24.5. The van der Waals surface area contributed by atoms with Crippen LogP contribution in [0, 0.1) is 17.7 Å². The fourth-order valence-corrected chi connectivity index (χ4v) is 6.36. The van der Waals surface area contributed by atoms with Crippen molar-refractivity contribution in [3.05, 3.63) is 64.1 Å². The lowest BCUT2D eigenvalue weighted by atomic mass is 9.81. The smallest absolute Gasteiger partial charge is 0.407 e. The van der Waals surface area contributed by atoms with Gasteiger partial charge in [-0.2, -0.15) is 0 Å². The Balaban J connectivity index is 1.90. The number of carbonyl (C=O) groups is 1. The van der Waals surface area contributed by atoms with Crippen LogP contribution in [0.3, 0.4) is 0 Å². The minimum atomic E-state index is -3.90. The number of hydrogen-bond donors (Lipinski definition) is 0. The number of hydrogen-bond acceptors (Lipinski definition) is 5. The van der Waals surface area contributed by atoms with E-state index < -0.39 is 13.6 Å². The van der Waals surface area contributed by atoms with Gasteiger partial charge >= 0.3 is 7.82 Å². The molecular weight excluding hydrogens is 478 g/mol. The van der Waals surface area contributed by atoms with Crippen LogP contribution in [0.5, 0.6) is 0 Å². The maximum absolute atomic E-state index is 14.7. The molecule has 2 aromatic rings. The Kier molecular flexibility index (Phi) is 7.63. The quantitative estimate of drug-likeness (QED) is 0.327. The van der Waals surface area contributed by atoms with Gasteiger partial charge in [0, 0.05) is 22.4 Å².